The molecule has 0 bridgehead atoms. The van der Waals surface area contributed by atoms with Crippen LogP contribution >= 0.6 is 0 Å². The van der Waals surface area contributed by atoms with Gasteiger partial charge < -0.3 is 15.2 Å². The van der Waals surface area contributed by atoms with Gasteiger partial charge in [0, 0.05) is 6.04 Å². The lowest BCUT2D eigenvalue weighted by molar-refractivity contribution is -0.123. The lowest BCUT2D eigenvalue weighted by Crippen LogP contribution is -2.35. The van der Waals surface area contributed by atoms with Crippen molar-refractivity contribution in [3.8, 4) is 5.75 Å². The van der Waals surface area contributed by atoms with Gasteiger partial charge in [0.05, 0.1) is 6.10 Å². The molecule has 1 aliphatic rings. The van der Waals surface area contributed by atoms with Gasteiger partial charge in [0.1, 0.15) is 5.75 Å². The molecule has 0 radical (unpaired) electrons. The van der Waals surface area contributed by atoms with Gasteiger partial charge in [-0.25, -0.2) is 0 Å². The molecule has 2 N–H and O–H groups in total. The molecule has 0 saturated heterocycles. The number of fused-ring (bicyclic) bond motifs is 1. The first-order valence-corrected chi connectivity index (χ1v) is 7.83. The van der Waals surface area contributed by atoms with Crippen LogP contribution in [0, 0.1) is 0 Å². The summed E-state index contributed by atoms with van der Waals surface area (Å²) >= 11 is 0. The zero-order valence-corrected chi connectivity index (χ0v) is 12.9. The number of nitrogens with one attached hydrogen (secondary N) is 1. The van der Waals surface area contributed by atoms with E-state index in [-0.39, 0.29) is 18.6 Å². The first-order valence-electron chi connectivity index (χ1n) is 7.83. The highest BCUT2D eigenvalue weighted by Crippen LogP contribution is 2.32. The van der Waals surface area contributed by atoms with E-state index < -0.39 is 6.10 Å². The molecule has 2 rings (SSSR count). The van der Waals surface area contributed by atoms with Crippen molar-refractivity contribution in [1.82, 2.24) is 5.32 Å². The van der Waals surface area contributed by atoms with E-state index in [9.17, 15) is 9.90 Å². The topological polar surface area (TPSA) is 58.6 Å². The van der Waals surface area contributed by atoms with Gasteiger partial charge >= 0.3 is 0 Å². The summed E-state index contributed by atoms with van der Waals surface area (Å²) in [5, 5.41) is 12.9. The fourth-order valence-electron chi connectivity index (χ4n) is 2.81. The summed E-state index contributed by atoms with van der Waals surface area (Å²) in [6.07, 6.45) is 4.43. The first kappa shape index (κ1) is 15.8. The van der Waals surface area contributed by atoms with Gasteiger partial charge in [0.15, 0.2) is 6.61 Å². The average molecular weight is 291 g/mol. The molecule has 0 spiro atoms. The van der Waals surface area contributed by atoms with Gasteiger partial charge in [-0.3, -0.25) is 4.79 Å². The van der Waals surface area contributed by atoms with Crippen LogP contribution in [0.25, 0.3) is 0 Å². The Balaban J connectivity index is 1.89. The lowest BCUT2D eigenvalue weighted by Gasteiger charge is -2.22. The minimum atomic E-state index is -0.407. The van der Waals surface area contributed by atoms with Crippen molar-refractivity contribution in [3.63, 3.8) is 0 Å². The van der Waals surface area contributed by atoms with Crippen LogP contribution in [0.5, 0.6) is 5.75 Å². The highest BCUT2D eigenvalue weighted by atomic mass is 16.5. The Kier molecular flexibility index (Phi) is 5.62. The highest BCUT2D eigenvalue weighted by molar-refractivity contribution is 5.77. The van der Waals surface area contributed by atoms with Crippen molar-refractivity contribution in [1.29, 1.82) is 0 Å². The Morgan fingerprint density at radius 2 is 2.33 bits per heavy atom. The molecular formula is C17H25NO3. The summed E-state index contributed by atoms with van der Waals surface area (Å²) in [4.78, 5) is 11.8. The molecule has 21 heavy (non-hydrogen) atoms. The summed E-state index contributed by atoms with van der Waals surface area (Å²) in [5.41, 5.74) is 2.13. The third-order valence-electron chi connectivity index (χ3n) is 3.90. The molecule has 0 aliphatic heterocycles. The van der Waals surface area contributed by atoms with E-state index in [0.717, 1.165) is 37.7 Å². The molecule has 0 fully saturated rings. The highest BCUT2D eigenvalue weighted by Gasteiger charge is 2.18. The number of amides is 1. The summed E-state index contributed by atoms with van der Waals surface area (Å²) in [6, 6.07) is 5.91. The number of rotatable bonds is 6. The van der Waals surface area contributed by atoms with Gasteiger partial charge in [-0.05, 0) is 55.9 Å². The first-order chi connectivity index (χ1) is 10.1. The molecule has 1 aromatic rings. The number of aliphatic hydroxyl groups excluding tert-OH is 1. The predicted molar refractivity (Wildman–Crippen MR) is 82.3 cm³/mol. The minimum Gasteiger partial charge on any atom is -0.484 e. The maximum Gasteiger partial charge on any atom is 0.258 e. The SMILES string of the molecule is CCCC(C)NC(=O)COc1ccc2c(c1)[C@@H](O)CCC2. The van der Waals surface area contributed by atoms with Crippen molar-refractivity contribution in [2.75, 3.05) is 6.61 Å². The monoisotopic (exact) mass is 291 g/mol. The molecule has 0 heterocycles. The second-order valence-electron chi connectivity index (χ2n) is 5.81. The van der Waals surface area contributed by atoms with Gasteiger partial charge in [-0.15, -0.1) is 0 Å². The summed E-state index contributed by atoms with van der Waals surface area (Å²) < 4.78 is 5.54. The Labute approximate surface area is 126 Å². The van der Waals surface area contributed by atoms with Crippen LogP contribution in [0.3, 0.4) is 0 Å². The van der Waals surface area contributed by atoms with Gasteiger partial charge in [0.2, 0.25) is 0 Å². The number of hydrogen-bond acceptors (Lipinski definition) is 3. The van der Waals surface area contributed by atoms with E-state index in [1.807, 2.05) is 25.1 Å². The third kappa shape index (κ3) is 4.46. The maximum atomic E-state index is 11.8. The molecule has 1 aliphatic carbocycles. The Morgan fingerprint density at radius 1 is 1.52 bits per heavy atom. The molecule has 4 heteroatoms. The fourth-order valence-corrected chi connectivity index (χ4v) is 2.81. The maximum absolute atomic E-state index is 11.8. The molecule has 1 amide bonds. The van der Waals surface area contributed by atoms with Crippen LogP contribution in [-0.2, 0) is 11.2 Å². The molecule has 1 unspecified atom stereocenters. The molecule has 0 saturated carbocycles. The molecule has 4 nitrogen and oxygen atoms in total. The Bertz CT molecular complexity index is 487. The number of carbonyl (C=O) groups excluding carboxylic acids is 1. The standard InChI is InChI=1S/C17H25NO3/c1-3-5-12(2)18-17(20)11-21-14-9-8-13-6-4-7-16(19)15(13)10-14/h8-10,12,16,19H,3-7,11H2,1-2H3,(H,18,20)/t12?,16-/m0/s1. The van der Waals surface area contributed by atoms with Crippen LogP contribution in [0.1, 0.15) is 56.8 Å². The summed E-state index contributed by atoms with van der Waals surface area (Å²) in [5.74, 6) is 0.544. The van der Waals surface area contributed by atoms with Crippen LogP contribution in [0.15, 0.2) is 18.2 Å². The predicted octanol–water partition coefficient (Wildman–Crippen LogP) is 2.74. The number of aliphatic hydroxyl groups is 1. The van der Waals surface area contributed by atoms with Crippen molar-refractivity contribution >= 4 is 5.91 Å². The van der Waals surface area contributed by atoms with E-state index in [1.165, 1.54) is 5.56 Å². The third-order valence-corrected chi connectivity index (χ3v) is 3.90. The van der Waals surface area contributed by atoms with E-state index in [4.69, 9.17) is 4.74 Å². The van der Waals surface area contributed by atoms with E-state index >= 15 is 0 Å². The summed E-state index contributed by atoms with van der Waals surface area (Å²) in [6.45, 7) is 4.11. The number of aryl methyl sites for hydroxylation is 1. The second kappa shape index (κ2) is 7.46. The zero-order chi connectivity index (χ0) is 15.2. The van der Waals surface area contributed by atoms with Crippen LogP contribution in [0.4, 0.5) is 0 Å². The number of carbonyl (C=O) groups is 1. The minimum absolute atomic E-state index is 0.0168. The van der Waals surface area contributed by atoms with Crippen molar-refractivity contribution in [3.05, 3.63) is 29.3 Å². The number of benzene rings is 1. The van der Waals surface area contributed by atoms with Gasteiger partial charge in [0.25, 0.3) is 5.91 Å². The Hall–Kier alpha value is -1.55. The molecule has 2 atom stereocenters. The van der Waals surface area contributed by atoms with E-state index in [2.05, 4.69) is 12.2 Å². The van der Waals surface area contributed by atoms with Gasteiger partial charge in [-0.2, -0.15) is 0 Å². The molecule has 1 aromatic carbocycles. The van der Waals surface area contributed by atoms with Crippen LogP contribution in [0.2, 0.25) is 0 Å². The second-order valence-corrected chi connectivity index (χ2v) is 5.81. The normalized spacial score (nSPS) is 18.7. The van der Waals surface area contributed by atoms with Gasteiger partial charge in [-0.1, -0.05) is 19.4 Å². The number of hydrogen-bond donors (Lipinski definition) is 2. The quantitative estimate of drug-likeness (QED) is 0.847. The van der Waals surface area contributed by atoms with Crippen LogP contribution in [-0.4, -0.2) is 23.7 Å². The smallest absolute Gasteiger partial charge is 0.258 e. The molecular weight excluding hydrogens is 266 g/mol. The Morgan fingerprint density at radius 3 is 3.10 bits per heavy atom. The van der Waals surface area contributed by atoms with Crippen molar-refractivity contribution in [2.45, 2.75) is 58.1 Å². The molecule has 116 valence electrons. The van der Waals surface area contributed by atoms with Crippen molar-refractivity contribution in [2.24, 2.45) is 0 Å². The lowest BCUT2D eigenvalue weighted by atomic mass is 9.89. The zero-order valence-electron chi connectivity index (χ0n) is 12.9. The van der Waals surface area contributed by atoms with E-state index in [0.29, 0.717) is 5.75 Å². The molecule has 0 aromatic heterocycles. The van der Waals surface area contributed by atoms with Crippen LogP contribution < -0.4 is 10.1 Å². The number of ether oxygens (including phenoxy) is 1. The largest absolute Gasteiger partial charge is 0.484 e. The van der Waals surface area contributed by atoms with E-state index in [1.54, 1.807) is 0 Å². The van der Waals surface area contributed by atoms with Crippen molar-refractivity contribution < 1.29 is 14.6 Å². The average Bonchev–Trinajstić information content (AvgIpc) is 2.46. The summed E-state index contributed by atoms with van der Waals surface area (Å²) in [7, 11) is 0. The fraction of sp³-hybridized carbons (Fsp3) is 0.588.